The molecule has 0 saturated carbocycles. The summed E-state index contributed by atoms with van der Waals surface area (Å²) in [5.41, 5.74) is 4.09. The smallest absolute Gasteiger partial charge is 0.347 e. The Morgan fingerprint density at radius 3 is 2.00 bits per heavy atom. The van der Waals surface area contributed by atoms with Crippen molar-refractivity contribution in [3.63, 3.8) is 0 Å². The van der Waals surface area contributed by atoms with Crippen LogP contribution in [-0.4, -0.2) is 25.2 Å². The molecule has 7 nitrogen and oxygen atoms in total. The quantitative estimate of drug-likeness (QED) is 0.130. The molecule has 0 fully saturated rings. The summed E-state index contributed by atoms with van der Waals surface area (Å²) in [5.74, 6) is 3.38. The molecule has 0 spiro atoms. The van der Waals surface area contributed by atoms with Crippen molar-refractivity contribution in [1.82, 2.24) is 11.0 Å². The molecule has 0 aromatic carbocycles. The number of hydrogen-bond acceptors (Lipinski definition) is 7. The highest BCUT2D eigenvalue weighted by Crippen LogP contribution is 2.00. The van der Waals surface area contributed by atoms with E-state index < -0.39 is 11.9 Å². The number of carbonyl (C=O) groups is 2. The standard InChI is InChI=1S/C8H15N3O4/c1-3-14-7(12)6(5-10-11-9)8(13)15-4-2/h5,10-11H,3-4,9H2,1-2H3. The van der Waals surface area contributed by atoms with Gasteiger partial charge in [-0.1, -0.05) is 0 Å². The second-order valence-electron chi connectivity index (χ2n) is 2.29. The lowest BCUT2D eigenvalue weighted by molar-refractivity contribution is -0.146. The largest absolute Gasteiger partial charge is 0.462 e. The highest BCUT2D eigenvalue weighted by Gasteiger charge is 2.20. The van der Waals surface area contributed by atoms with Crippen LogP contribution in [0.5, 0.6) is 0 Å². The predicted molar refractivity (Wildman–Crippen MR) is 51.8 cm³/mol. The van der Waals surface area contributed by atoms with Crippen LogP contribution >= 0.6 is 0 Å². The summed E-state index contributed by atoms with van der Waals surface area (Å²) in [6.45, 7) is 3.61. The Hall–Kier alpha value is -1.60. The van der Waals surface area contributed by atoms with E-state index in [4.69, 9.17) is 5.84 Å². The van der Waals surface area contributed by atoms with Gasteiger partial charge < -0.3 is 14.9 Å². The molecule has 86 valence electrons. The summed E-state index contributed by atoms with van der Waals surface area (Å²) in [6.07, 6.45) is 1.08. The van der Waals surface area contributed by atoms with Gasteiger partial charge in [0, 0.05) is 6.20 Å². The normalized spacial score (nSPS) is 9.00. The lowest BCUT2D eigenvalue weighted by Gasteiger charge is -2.06. The van der Waals surface area contributed by atoms with Gasteiger partial charge in [-0.05, 0) is 13.8 Å². The Bertz CT molecular complexity index is 232. The van der Waals surface area contributed by atoms with Crippen LogP contribution in [0.1, 0.15) is 13.8 Å². The van der Waals surface area contributed by atoms with Crippen LogP contribution in [0.25, 0.3) is 0 Å². The van der Waals surface area contributed by atoms with Crippen molar-refractivity contribution in [2.45, 2.75) is 13.8 Å². The summed E-state index contributed by atoms with van der Waals surface area (Å²) >= 11 is 0. The first-order valence-corrected chi connectivity index (χ1v) is 4.42. The second kappa shape index (κ2) is 7.77. The maximum Gasteiger partial charge on any atom is 0.347 e. The molecule has 15 heavy (non-hydrogen) atoms. The number of ether oxygens (including phenoxy) is 2. The van der Waals surface area contributed by atoms with Gasteiger partial charge in [-0.2, -0.15) is 5.53 Å². The van der Waals surface area contributed by atoms with Gasteiger partial charge in [-0.25, -0.2) is 9.59 Å². The van der Waals surface area contributed by atoms with E-state index in [0.29, 0.717) is 0 Å². The minimum absolute atomic E-state index is 0.172. The number of carbonyl (C=O) groups excluding carboxylic acids is 2. The molecule has 0 aromatic heterocycles. The van der Waals surface area contributed by atoms with Crippen molar-refractivity contribution in [2.75, 3.05) is 13.2 Å². The Morgan fingerprint density at radius 1 is 1.20 bits per heavy atom. The lowest BCUT2D eigenvalue weighted by Crippen LogP contribution is -2.35. The fourth-order valence-corrected chi connectivity index (χ4v) is 0.733. The average Bonchev–Trinajstić information content (AvgIpc) is 2.19. The predicted octanol–water partition coefficient (Wildman–Crippen LogP) is -1.04. The molecule has 0 atom stereocenters. The topological polar surface area (TPSA) is 103 Å². The first kappa shape index (κ1) is 13.4. The molecular weight excluding hydrogens is 202 g/mol. The number of hydrazine groups is 2. The molecule has 0 amide bonds. The molecule has 0 heterocycles. The number of esters is 2. The number of nitrogens with two attached hydrogens (primary N) is 1. The van der Waals surface area contributed by atoms with Crippen molar-refractivity contribution in [2.24, 2.45) is 5.84 Å². The van der Waals surface area contributed by atoms with Gasteiger partial charge in [0.05, 0.1) is 13.2 Å². The van der Waals surface area contributed by atoms with E-state index in [1.807, 2.05) is 0 Å². The van der Waals surface area contributed by atoms with Crippen LogP contribution in [0.4, 0.5) is 0 Å². The van der Waals surface area contributed by atoms with Gasteiger partial charge in [0.2, 0.25) is 0 Å². The Kier molecular flexibility index (Phi) is 6.94. The van der Waals surface area contributed by atoms with E-state index in [-0.39, 0.29) is 18.8 Å². The first-order chi connectivity index (χ1) is 7.17. The van der Waals surface area contributed by atoms with Crippen LogP contribution in [0.15, 0.2) is 11.8 Å². The summed E-state index contributed by atoms with van der Waals surface area (Å²) in [7, 11) is 0. The van der Waals surface area contributed by atoms with Crippen LogP contribution < -0.4 is 16.8 Å². The van der Waals surface area contributed by atoms with Crippen molar-refractivity contribution in [3.8, 4) is 0 Å². The average molecular weight is 217 g/mol. The molecule has 0 aliphatic rings. The fraction of sp³-hybridized carbons (Fsp3) is 0.500. The zero-order valence-corrected chi connectivity index (χ0v) is 8.70. The molecule has 4 N–H and O–H groups in total. The van der Waals surface area contributed by atoms with Gasteiger partial charge in [-0.15, -0.1) is 0 Å². The zero-order chi connectivity index (χ0) is 11.7. The maximum atomic E-state index is 11.3. The van der Waals surface area contributed by atoms with E-state index >= 15 is 0 Å². The second-order valence-corrected chi connectivity index (χ2v) is 2.29. The van der Waals surface area contributed by atoms with E-state index in [2.05, 4.69) is 20.4 Å². The molecule has 0 saturated heterocycles. The van der Waals surface area contributed by atoms with Gasteiger partial charge in [-0.3, -0.25) is 5.84 Å². The summed E-state index contributed by atoms with van der Waals surface area (Å²) < 4.78 is 9.30. The molecule has 0 aliphatic carbocycles. The lowest BCUT2D eigenvalue weighted by atomic mass is 10.3. The third-order valence-corrected chi connectivity index (χ3v) is 1.29. The number of nitrogens with one attached hydrogen (secondary N) is 2. The number of hydrogen-bond donors (Lipinski definition) is 3. The van der Waals surface area contributed by atoms with E-state index in [1.165, 1.54) is 0 Å². The van der Waals surface area contributed by atoms with Crippen molar-refractivity contribution >= 4 is 11.9 Å². The fourth-order valence-electron chi connectivity index (χ4n) is 0.733. The van der Waals surface area contributed by atoms with Crippen molar-refractivity contribution in [3.05, 3.63) is 11.8 Å². The van der Waals surface area contributed by atoms with E-state index in [9.17, 15) is 9.59 Å². The maximum absolute atomic E-state index is 11.3. The van der Waals surface area contributed by atoms with E-state index in [0.717, 1.165) is 6.20 Å². The SMILES string of the molecule is CCOC(=O)C(=CNNN)C(=O)OCC. The summed E-state index contributed by atoms with van der Waals surface area (Å²) in [4.78, 5) is 22.5. The van der Waals surface area contributed by atoms with Crippen LogP contribution in [0, 0.1) is 0 Å². The molecule has 0 rings (SSSR count). The van der Waals surface area contributed by atoms with Crippen LogP contribution in [0.2, 0.25) is 0 Å². The summed E-state index contributed by atoms with van der Waals surface area (Å²) in [6, 6.07) is 0. The molecule has 0 bridgehead atoms. The van der Waals surface area contributed by atoms with Crippen molar-refractivity contribution < 1.29 is 19.1 Å². The molecule has 0 unspecified atom stereocenters. The van der Waals surface area contributed by atoms with Gasteiger partial charge >= 0.3 is 11.9 Å². The Labute approximate surface area is 87.5 Å². The summed E-state index contributed by atoms with van der Waals surface area (Å²) in [5, 5.41) is 0. The monoisotopic (exact) mass is 217 g/mol. The zero-order valence-electron chi connectivity index (χ0n) is 8.70. The molecule has 0 aromatic rings. The molecule has 0 radical (unpaired) electrons. The highest BCUT2D eigenvalue weighted by atomic mass is 16.6. The van der Waals surface area contributed by atoms with E-state index in [1.54, 1.807) is 13.8 Å². The van der Waals surface area contributed by atoms with Gasteiger partial charge in [0.15, 0.2) is 5.57 Å². The van der Waals surface area contributed by atoms with Crippen LogP contribution in [-0.2, 0) is 19.1 Å². The van der Waals surface area contributed by atoms with Crippen LogP contribution in [0.3, 0.4) is 0 Å². The third kappa shape index (κ3) is 4.99. The minimum atomic E-state index is -0.765. The number of rotatable bonds is 6. The Balaban J connectivity index is 4.57. The third-order valence-electron chi connectivity index (χ3n) is 1.29. The molecular formula is C8H15N3O4. The Morgan fingerprint density at radius 2 is 1.67 bits per heavy atom. The minimum Gasteiger partial charge on any atom is -0.462 e. The van der Waals surface area contributed by atoms with Gasteiger partial charge in [0.1, 0.15) is 0 Å². The van der Waals surface area contributed by atoms with Gasteiger partial charge in [0.25, 0.3) is 0 Å². The first-order valence-electron chi connectivity index (χ1n) is 4.42. The molecule has 0 aliphatic heterocycles. The van der Waals surface area contributed by atoms with Crippen molar-refractivity contribution in [1.29, 1.82) is 0 Å². The highest BCUT2D eigenvalue weighted by molar-refractivity contribution is 6.13. The molecule has 7 heteroatoms.